The van der Waals surface area contributed by atoms with Crippen molar-refractivity contribution in [3.05, 3.63) is 52.8 Å². The average Bonchev–Trinajstić information content (AvgIpc) is 3.56. The number of aromatic nitrogens is 10. The second-order valence-corrected chi connectivity index (χ2v) is 11.3. The molecule has 0 fully saturated rings. The molecular weight excluding hydrogens is 512 g/mol. The molecule has 0 bridgehead atoms. The van der Waals surface area contributed by atoms with Gasteiger partial charge < -0.3 is 9.40 Å². The number of hydrogen-bond donors (Lipinski definition) is 1. The van der Waals surface area contributed by atoms with Crippen LogP contribution in [0.3, 0.4) is 0 Å². The van der Waals surface area contributed by atoms with Gasteiger partial charge >= 0.3 is 0 Å². The molecular formula is C27H34N10OS. The fourth-order valence-corrected chi connectivity index (χ4v) is 4.23. The number of aryl methyl sites for hydroxylation is 3. The molecule has 0 amide bonds. The lowest BCUT2D eigenvalue weighted by atomic mass is 10.2. The van der Waals surface area contributed by atoms with Gasteiger partial charge in [0.05, 0.1) is 28.3 Å². The van der Waals surface area contributed by atoms with Gasteiger partial charge in [-0.1, -0.05) is 41.5 Å². The molecule has 0 aliphatic heterocycles. The Bertz CT molecular complexity index is 1500. The van der Waals surface area contributed by atoms with Gasteiger partial charge in [-0.25, -0.2) is 39.9 Å². The number of thiazole rings is 1. The van der Waals surface area contributed by atoms with E-state index in [1.54, 1.807) is 30.7 Å². The van der Waals surface area contributed by atoms with E-state index in [0.29, 0.717) is 34.9 Å². The van der Waals surface area contributed by atoms with E-state index < -0.39 is 0 Å². The number of imidazole rings is 1. The third kappa shape index (κ3) is 6.94. The van der Waals surface area contributed by atoms with Crippen LogP contribution in [0.4, 0.5) is 0 Å². The molecule has 0 aliphatic rings. The molecule has 0 saturated heterocycles. The Labute approximate surface area is 231 Å². The van der Waals surface area contributed by atoms with Gasteiger partial charge in [0.15, 0.2) is 22.8 Å². The quantitative estimate of drug-likeness (QED) is 0.266. The van der Waals surface area contributed by atoms with Gasteiger partial charge in [-0.2, -0.15) is 4.98 Å². The van der Waals surface area contributed by atoms with Crippen LogP contribution in [0.2, 0.25) is 0 Å². The van der Waals surface area contributed by atoms with E-state index in [1.165, 1.54) is 0 Å². The van der Waals surface area contributed by atoms with Crippen LogP contribution in [0.1, 0.15) is 93.5 Å². The summed E-state index contributed by atoms with van der Waals surface area (Å²) in [6.45, 7) is 18.1. The van der Waals surface area contributed by atoms with E-state index in [0.717, 1.165) is 49.8 Å². The molecule has 6 aromatic heterocycles. The zero-order valence-electron chi connectivity index (χ0n) is 23.8. The SMILES string of the molecule is Cc1nc2nc(C(C)C)ncc2[nH]1.Cc1nc2nc(C(C)C)ncc2o1.Cc1nc2nc(C(C)C)ncc2s1. The second-order valence-electron chi connectivity index (χ2n) is 10.0. The molecule has 0 radical (unpaired) electrons. The minimum atomic E-state index is 0.321. The number of aromatic amines is 1. The number of hydrogen-bond acceptors (Lipinski definition) is 11. The largest absolute Gasteiger partial charge is 0.438 e. The summed E-state index contributed by atoms with van der Waals surface area (Å²) in [7, 11) is 0. The molecule has 12 heteroatoms. The van der Waals surface area contributed by atoms with Gasteiger partial charge in [-0.15, -0.1) is 11.3 Å². The highest BCUT2D eigenvalue weighted by Crippen LogP contribution is 2.20. The Morgan fingerprint density at radius 1 is 0.641 bits per heavy atom. The first-order valence-corrected chi connectivity index (χ1v) is 13.7. The number of rotatable bonds is 3. The van der Waals surface area contributed by atoms with E-state index in [1.807, 2.05) is 33.9 Å². The summed E-state index contributed by atoms with van der Waals surface area (Å²) in [6, 6.07) is 0. The zero-order valence-corrected chi connectivity index (χ0v) is 24.6. The van der Waals surface area contributed by atoms with Crippen LogP contribution >= 0.6 is 11.3 Å². The Morgan fingerprint density at radius 2 is 1.21 bits per heavy atom. The monoisotopic (exact) mass is 546 g/mol. The number of H-pyrrole nitrogens is 1. The van der Waals surface area contributed by atoms with E-state index in [9.17, 15) is 0 Å². The molecule has 0 aromatic carbocycles. The standard InChI is InChI=1S/C9H12N4.C9H11N3O.C9H11N3S/c1-5(2)8-10-4-7-9(13-8)12-6(3)11-7;2*1-5(2)8-10-4-7-9(12-8)11-6(3)13-7/h4-5H,1-3H3,(H,10,11,12,13);2*4-5H,1-3H3. The lowest BCUT2D eigenvalue weighted by molar-refractivity contribution is 0.559. The molecule has 6 heterocycles. The van der Waals surface area contributed by atoms with Crippen LogP contribution in [0.5, 0.6) is 0 Å². The normalized spacial score (nSPS) is 11.4. The maximum absolute atomic E-state index is 5.27. The van der Waals surface area contributed by atoms with Crippen molar-refractivity contribution >= 4 is 44.1 Å². The average molecular weight is 547 g/mol. The fraction of sp³-hybridized carbons (Fsp3) is 0.444. The first-order valence-electron chi connectivity index (χ1n) is 12.9. The van der Waals surface area contributed by atoms with Crippen LogP contribution in [0.15, 0.2) is 23.0 Å². The summed E-state index contributed by atoms with van der Waals surface area (Å²) in [5.41, 5.74) is 3.80. The van der Waals surface area contributed by atoms with E-state index in [-0.39, 0.29) is 0 Å². The minimum Gasteiger partial charge on any atom is -0.438 e. The second kappa shape index (κ2) is 11.9. The number of nitrogens with zero attached hydrogens (tertiary/aromatic N) is 9. The minimum absolute atomic E-state index is 0.321. The molecule has 0 spiro atoms. The third-order valence-electron chi connectivity index (χ3n) is 5.48. The van der Waals surface area contributed by atoms with E-state index >= 15 is 0 Å². The van der Waals surface area contributed by atoms with E-state index in [4.69, 9.17) is 4.42 Å². The molecule has 11 nitrogen and oxygen atoms in total. The highest BCUT2D eigenvalue weighted by Gasteiger charge is 2.09. The molecule has 0 aliphatic carbocycles. The van der Waals surface area contributed by atoms with Crippen LogP contribution in [-0.4, -0.2) is 49.8 Å². The summed E-state index contributed by atoms with van der Waals surface area (Å²) in [6.07, 6.45) is 5.33. The summed E-state index contributed by atoms with van der Waals surface area (Å²) in [5.74, 6) is 5.07. The van der Waals surface area contributed by atoms with Crippen molar-refractivity contribution in [2.45, 2.75) is 80.1 Å². The molecule has 6 aromatic rings. The van der Waals surface area contributed by atoms with Gasteiger partial charge in [0.2, 0.25) is 5.65 Å². The lowest BCUT2D eigenvalue weighted by Gasteiger charge is -2.00. The first-order chi connectivity index (χ1) is 18.5. The predicted octanol–water partition coefficient (Wildman–Crippen LogP) is 6.35. The molecule has 0 saturated carbocycles. The topological polar surface area (TPSA) is 145 Å². The van der Waals surface area contributed by atoms with Crippen molar-refractivity contribution in [1.82, 2.24) is 49.8 Å². The van der Waals surface area contributed by atoms with Crippen LogP contribution in [0, 0.1) is 20.8 Å². The maximum atomic E-state index is 5.27. The summed E-state index contributed by atoms with van der Waals surface area (Å²) < 4.78 is 6.34. The Morgan fingerprint density at radius 3 is 1.85 bits per heavy atom. The molecule has 6 rings (SSSR count). The fourth-order valence-electron chi connectivity index (χ4n) is 3.49. The van der Waals surface area contributed by atoms with Crippen molar-refractivity contribution in [3.8, 4) is 0 Å². The Hall–Kier alpha value is -3.93. The van der Waals surface area contributed by atoms with Crippen molar-refractivity contribution in [2.24, 2.45) is 0 Å². The number of nitrogens with one attached hydrogen (secondary N) is 1. The van der Waals surface area contributed by atoms with Gasteiger partial charge in [0.1, 0.15) is 28.8 Å². The Kier molecular flexibility index (Phi) is 8.54. The van der Waals surface area contributed by atoms with Gasteiger partial charge in [0, 0.05) is 24.7 Å². The molecule has 204 valence electrons. The highest BCUT2D eigenvalue weighted by atomic mass is 32.1. The third-order valence-corrected chi connectivity index (χ3v) is 6.37. The first kappa shape index (κ1) is 28.1. The maximum Gasteiger partial charge on any atom is 0.202 e. The zero-order chi connectivity index (χ0) is 28.3. The summed E-state index contributed by atoms with van der Waals surface area (Å²) in [5, 5.41) is 1.05. The van der Waals surface area contributed by atoms with Crippen molar-refractivity contribution in [1.29, 1.82) is 0 Å². The van der Waals surface area contributed by atoms with E-state index in [2.05, 4.69) is 77.5 Å². The Balaban J connectivity index is 0.000000136. The molecule has 0 atom stereocenters. The van der Waals surface area contributed by atoms with Crippen LogP contribution in [0.25, 0.3) is 32.7 Å². The summed E-state index contributed by atoms with van der Waals surface area (Å²) >= 11 is 1.64. The van der Waals surface area contributed by atoms with Crippen LogP contribution < -0.4 is 0 Å². The molecule has 39 heavy (non-hydrogen) atoms. The summed E-state index contributed by atoms with van der Waals surface area (Å²) in [4.78, 5) is 41.5. The number of fused-ring (bicyclic) bond motifs is 3. The predicted molar refractivity (Wildman–Crippen MR) is 153 cm³/mol. The molecule has 0 unspecified atom stereocenters. The number of oxazole rings is 1. The lowest BCUT2D eigenvalue weighted by Crippen LogP contribution is -1.96. The highest BCUT2D eigenvalue weighted by molar-refractivity contribution is 7.18. The van der Waals surface area contributed by atoms with Crippen LogP contribution in [-0.2, 0) is 0 Å². The van der Waals surface area contributed by atoms with Gasteiger partial charge in [-0.3, -0.25) is 0 Å². The smallest absolute Gasteiger partial charge is 0.202 e. The molecule has 1 N–H and O–H groups in total. The van der Waals surface area contributed by atoms with Gasteiger partial charge in [0.25, 0.3) is 0 Å². The van der Waals surface area contributed by atoms with Crippen molar-refractivity contribution in [3.63, 3.8) is 0 Å². The van der Waals surface area contributed by atoms with Crippen molar-refractivity contribution < 1.29 is 4.42 Å². The van der Waals surface area contributed by atoms with Gasteiger partial charge in [-0.05, 0) is 13.8 Å². The van der Waals surface area contributed by atoms with Crippen molar-refractivity contribution in [2.75, 3.05) is 0 Å².